The van der Waals surface area contributed by atoms with E-state index < -0.39 is 28.7 Å². The summed E-state index contributed by atoms with van der Waals surface area (Å²) in [4.78, 5) is 25.2. The van der Waals surface area contributed by atoms with Crippen LogP contribution in [0.25, 0.3) is 10.9 Å². The number of aryl methyl sites for hydroxylation is 2. The van der Waals surface area contributed by atoms with E-state index in [0.717, 1.165) is 34.1 Å². The van der Waals surface area contributed by atoms with Gasteiger partial charge in [-0.1, -0.05) is 22.0 Å². The van der Waals surface area contributed by atoms with Crippen molar-refractivity contribution in [1.82, 2.24) is 4.57 Å². The van der Waals surface area contributed by atoms with Crippen molar-refractivity contribution in [3.8, 4) is 0 Å². The van der Waals surface area contributed by atoms with Crippen molar-refractivity contribution in [3.05, 3.63) is 74.0 Å². The molecule has 1 aliphatic heterocycles. The first-order chi connectivity index (χ1) is 12.0. The number of anilines is 1. The van der Waals surface area contributed by atoms with Crippen molar-refractivity contribution in [3.63, 3.8) is 0 Å². The van der Waals surface area contributed by atoms with Crippen molar-refractivity contribution in [2.24, 2.45) is 0 Å². The summed E-state index contributed by atoms with van der Waals surface area (Å²) in [7, 11) is 0. The Kier molecular flexibility index (Phi) is 3.68. The lowest BCUT2D eigenvalue weighted by Crippen LogP contribution is -2.24. The topological polar surface area (TPSA) is 51.1 Å². The molecule has 1 N–H and O–H groups in total. The molecule has 1 aliphatic rings. The summed E-state index contributed by atoms with van der Waals surface area (Å²) < 4.78 is 30.1. The largest absolute Gasteiger partial charge is 0.346 e. The summed E-state index contributed by atoms with van der Waals surface area (Å²) in [6, 6.07) is 6.87. The van der Waals surface area contributed by atoms with E-state index in [4.69, 9.17) is 0 Å². The van der Waals surface area contributed by atoms with Gasteiger partial charge in [-0.3, -0.25) is 9.59 Å². The molecule has 1 amide bonds. The van der Waals surface area contributed by atoms with Gasteiger partial charge in [-0.25, -0.2) is 8.78 Å². The SMILES string of the molecule is O=C(Nc1c(F)cccc1F)c1cn2c3c(cc(Br)cc3c1=O)CC2. The molecule has 4 rings (SSSR count). The van der Waals surface area contributed by atoms with E-state index in [1.165, 1.54) is 12.3 Å². The molecular formula is C18H11BrF2N2O2. The molecule has 126 valence electrons. The molecule has 2 aromatic carbocycles. The van der Waals surface area contributed by atoms with Crippen LogP contribution in [0.2, 0.25) is 0 Å². The molecule has 7 heteroatoms. The third kappa shape index (κ3) is 2.55. The third-order valence-corrected chi connectivity index (χ3v) is 4.74. The Morgan fingerprint density at radius 2 is 1.92 bits per heavy atom. The first kappa shape index (κ1) is 16.0. The molecule has 4 nitrogen and oxygen atoms in total. The van der Waals surface area contributed by atoms with Crippen LogP contribution in [0.3, 0.4) is 0 Å². The van der Waals surface area contributed by atoms with Crippen LogP contribution in [0.15, 0.2) is 45.8 Å². The molecule has 1 aromatic heterocycles. The number of amides is 1. The minimum atomic E-state index is -0.899. The average Bonchev–Trinajstić information content (AvgIpc) is 2.97. The Morgan fingerprint density at radius 1 is 1.20 bits per heavy atom. The van der Waals surface area contributed by atoms with Crippen LogP contribution in [0.1, 0.15) is 15.9 Å². The predicted molar refractivity (Wildman–Crippen MR) is 93.9 cm³/mol. The number of para-hydroxylation sites is 1. The minimum absolute atomic E-state index is 0.152. The third-order valence-electron chi connectivity index (χ3n) is 4.28. The number of halogens is 3. The molecule has 0 fully saturated rings. The maximum Gasteiger partial charge on any atom is 0.261 e. The lowest BCUT2D eigenvalue weighted by atomic mass is 10.1. The van der Waals surface area contributed by atoms with Crippen molar-refractivity contribution in [1.29, 1.82) is 0 Å². The van der Waals surface area contributed by atoms with Crippen LogP contribution in [0, 0.1) is 11.6 Å². The summed E-state index contributed by atoms with van der Waals surface area (Å²) in [6.45, 7) is 0.636. The van der Waals surface area contributed by atoms with E-state index in [9.17, 15) is 18.4 Å². The lowest BCUT2D eigenvalue weighted by molar-refractivity contribution is 0.102. The van der Waals surface area contributed by atoms with Crippen molar-refractivity contribution < 1.29 is 13.6 Å². The lowest BCUT2D eigenvalue weighted by Gasteiger charge is -2.10. The number of carbonyl (C=O) groups is 1. The van der Waals surface area contributed by atoms with E-state index in [2.05, 4.69) is 21.2 Å². The number of aromatic nitrogens is 1. The molecule has 0 aliphatic carbocycles. The minimum Gasteiger partial charge on any atom is -0.346 e. The van der Waals surface area contributed by atoms with Gasteiger partial charge in [0, 0.05) is 22.6 Å². The molecule has 0 saturated carbocycles. The number of hydrogen-bond donors (Lipinski definition) is 1. The van der Waals surface area contributed by atoms with Crippen LogP contribution in [-0.2, 0) is 13.0 Å². The summed E-state index contributed by atoms with van der Waals surface area (Å²) >= 11 is 3.37. The number of rotatable bonds is 2. The second-order valence-electron chi connectivity index (χ2n) is 5.83. The van der Waals surface area contributed by atoms with Crippen LogP contribution in [-0.4, -0.2) is 10.5 Å². The van der Waals surface area contributed by atoms with Gasteiger partial charge in [0.15, 0.2) is 0 Å². The highest BCUT2D eigenvalue weighted by Crippen LogP contribution is 2.28. The van der Waals surface area contributed by atoms with E-state index in [1.54, 1.807) is 6.07 Å². The highest BCUT2D eigenvalue weighted by Gasteiger charge is 2.22. The van der Waals surface area contributed by atoms with Gasteiger partial charge >= 0.3 is 0 Å². The molecule has 0 unspecified atom stereocenters. The van der Waals surface area contributed by atoms with Gasteiger partial charge in [0.2, 0.25) is 5.43 Å². The number of benzene rings is 2. The molecular weight excluding hydrogens is 394 g/mol. The van der Waals surface area contributed by atoms with Crippen LogP contribution >= 0.6 is 15.9 Å². The fourth-order valence-corrected chi connectivity index (χ4v) is 3.66. The molecule has 0 bridgehead atoms. The Bertz CT molecular complexity index is 1090. The Morgan fingerprint density at radius 3 is 2.64 bits per heavy atom. The number of carbonyl (C=O) groups excluding carboxylic acids is 1. The van der Waals surface area contributed by atoms with Gasteiger partial charge in [-0.15, -0.1) is 0 Å². The molecule has 0 radical (unpaired) electrons. The highest BCUT2D eigenvalue weighted by molar-refractivity contribution is 9.10. The Hall–Kier alpha value is -2.54. The number of pyridine rings is 1. The first-order valence-corrected chi connectivity index (χ1v) is 8.36. The summed E-state index contributed by atoms with van der Waals surface area (Å²) in [5.41, 5.74) is 0.629. The maximum atomic E-state index is 13.7. The van der Waals surface area contributed by atoms with Crippen LogP contribution in [0.4, 0.5) is 14.5 Å². The van der Waals surface area contributed by atoms with E-state index >= 15 is 0 Å². The highest BCUT2D eigenvalue weighted by atomic mass is 79.9. The Balaban J connectivity index is 1.85. The second kappa shape index (κ2) is 5.77. The molecule has 2 heterocycles. The summed E-state index contributed by atoms with van der Waals surface area (Å²) in [6.07, 6.45) is 2.20. The molecule has 0 spiro atoms. The molecule has 0 saturated heterocycles. The quantitative estimate of drug-likeness (QED) is 0.705. The van der Waals surface area contributed by atoms with Gasteiger partial charge in [-0.05, 0) is 36.2 Å². The molecule has 25 heavy (non-hydrogen) atoms. The van der Waals surface area contributed by atoms with Crippen LogP contribution in [0.5, 0.6) is 0 Å². The zero-order valence-electron chi connectivity index (χ0n) is 12.8. The van der Waals surface area contributed by atoms with E-state index in [0.29, 0.717) is 11.9 Å². The van der Waals surface area contributed by atoms with Crippen molar-refractivity contribution in [2.75, 3.05) is 5.32 Å². The molecule has 0 atom stereocenters. The number of nitrogens with one attached hydrogen (secondary N) is 1. The number of nitrogens with zero attached hydrogens (tertiary/aromatic N) is 1. The monoisotopic (exact) mass is 404 g/mol. The van der Waals surface area contributed by atoms with Crippen molar-refractivity contribution in [2.45, 2.75) is 13.0 Å². The standard InChI is InChI=1S/C18H11BrF2N2O2/c19-10-6-9-4-5-23-8-12(17(24)11(7-10)16(9)23)18(25)22-15-13(20)2-1-3-14(15)21/h1-3,6-8H,4-5H2,(H,22,25). The van der Waals surface area contributed by atoms with Gasteiger partial charge in [0.05, 0.1) is 5.52 Å². The Labute approximate surface area is 149 Å². The number of hydrogen-bond acceptors (Lipinski definition) is 2. The average molecular weight is 405 g/mol. The summed E-state index contributed by atoms with van der Waals surface area (Å²) in [5.74, 6) is -2.64. The first-order valence-electron chi connectivity index (χ1n) is 7.56. The van der Waals surface area contributed by atoms with Gasteiger partial charge < -0.3 is 9.88 Å². The fraction of sp³-hybridized carbons (Fsp3) is 0.111. The smallest absolute Gasteiger partial charge is 0.261 e. The molecule has 3 aromatic rings. The van der Waals surface area contributed by atoms with E-state index in [-0.39, 0.29) is 5.56 Å². The van der Waals surface area contributed by atoms with Crippen molar-refractivity contribution >= 4 is 38.4 Å². The zero-order chi connectivity index (χ0) is 17.7. The fourth-order valence-electron chi connectivity index (χ4n) is 3.16. The second-order valence-corrected chi connectivity index (χ2v) is 6.74. The van der Waals surface area contributed by atoms with E-state index in [1.807, 2.05) is 10.6 Å². The maximum absolute atomic E-state index is 13.7. The van der Waals surface area contributed by atoms with Gasteiger partial charge in [0.1, 0.15) is 22.9 Å². The van der Waals surface area contributed by atoms with Gasteiger partial charge in [-0.2, -0.15) is 0 Å². The summed E-state index contributed by atoms with van der Waals surface area (Å²) in [5, 5.41) is 2.58. The zero-order valence-corrected chi connectivity index (χ0v) is 14.4. The van der Waals surface area contributed by atoms with Crippen LogP contribution < -0.4 is 10.7 Å². The van der Waals surface area contributed by atoms with Gasteiger partial charge in [0.25, 0.3) is 5.91 Å². The predicted octanol–water partition coefficient (Wildman–Crippen LogP) is 3.85. The normalized spacial score (nSPS) is 12.6.